The Morgan fingerprint density at radius 3 is 2.70 bits per heavy atom. The zero-order valence-electron chi connectivity index (χ0n) is 16.9. The van der Waals surface area contributed by atoms with Gasteiger partial charge in [-0.3, -0.25) is 14.5 Å². The molecule has 2 amide bonds. The zero-order valence-corrected chi connectivity index (χ0v) is 18.5. The number of hydrogen-bond acceptors (Lipinski definition) is 5. The van der Waals surface area contributed by atoms with Gasteiger partial charge in [-0.1, -0.05) is 42.8 Å². The van der Waals surface area contributed by atoms with Crippen molar-refractivity contribution in [3.63, 3.8) is 0 Å². The maximum atomic E-state index is 13.0. The number of aliphatic imine (C=N–C) groups is 1. The van der Waals surface area contributed by atoms with Crippen LogP contribution in [-0.2, 0) is 9.59 Å². The average Bonchev–Trinajstić information content (AvgIpc) is 3.01. The number of anilines is 1. The van der Waals surface area contributed by atoms with E-state index < -0.39 is 5.25 Å². The van der Waals surface area contributed by atoms with Crippen LogP contribution in [0.1, 0.15) is 26.2 Å². The summed E-state index contributed by atoms with van der Waals surface area (Å²) in [6.45, 7) is 2.66. The van der Waals surface area contributed by atoms with Gasteiger partial charge in [-0.15, -0.1) is 0 Å². The number of thioether (sulfide) groups is 1. The van der Waals surface area contributed by atoms with Gasteiger partial charge in [0.05, 0.1) is 12.8 Å². The summed E-state index contributed by atoms with van der Waals surface area (Å²) in [5.41, 5.74) is 1.34. The number of halogens is 1. The number of amides is 2. The van der Waals surface area contributed by atoms with Crippen molar-refractivity contribution in [3.8, 4) is 5.75 Å². The second-order valence-electron chi connectivity index (χ2n) is 6.80. The number of nitrogens with zero attached hydrogens (tertiary/aromatic N) is 2. The fourth-order valence-electron chi connectivity index (χ4n) is 2.96. The lowest BCUT2D eigenvalue weighted by atomic mass is 10.2. The number of nitrogens with one attached hydrogen (secondary N) is 1. The Balaban J connectivity index is 1.73. The smallest absolute Gasteiger partial charge is 0.242 e. The molecule has 158 valence electrons. The second kappa shape index (κ2) is 10.5. The first-order valence-electron chi connectivity index (χ1n) is 9.76. The van der Waals surface area contributed by atoms with Crippen LogP contribution in [0.15, 0.2) is 53.5 Å². The molecular formula is C22H24ClN3O3S. The number of unbranched alkanes of at least 4 members (excludes halogenated alkanes) is 1. The molecule has 0 bridgehead atoms. The van der Waals surface area contributed by atoms with Crippen LogP contribution in [0.4, 0.5) is 11.4 Å². The van der Waals surface area contributed by atoms with E-state index in [2.05, 4.69) is 17.2 Å². The number of amidine groups is 1. The van der Waals surface area contributed by atoms with Gasteiger partial charge < -0.3 is 10.1 Å². The van der Waals surface area contributed by atoms with Crippen LogP contribution in [0, 0.1) is 0 Å². The summed E-state index contributed by atoms with van der Waals surface area (Å²) in [4.78, 5) is 31.8. The van der Waals surface area contributed by atoms with Crippen LogP contribution in [-0.4, -0.2) is 40.8 Å². The predicted octanol–water partition coefficient (Wildman–Crippen LogP) is 5.11. The third-order valence-corrected chi connectivity index (χ3v) is 5.94. The summed E-state index contributed by atoms with van der Waals surface area (Å²) in [5.74, 6) is 0.429. The van der Waals surface area contributed by atoms with Gasteiger partial charge in [0.25, 0.3) is 0 Å². The fourth-order valence-corrected chi connectivity index (χ4v) is 4.34. The molecule has 2 aromatic carbocycles. The van der Waals surface area contributed by atoms with Crippen LogP contribution in [0.2, 0.25) is 5.02 Å². The lowest BCUT2D eigenvalue weighted by molar-refractivity contribution is -0.128. The summed E-state index contributed by atoms with van der Waals surface area (Å²) in [6.07, 6.45) is 1.90. The van der Waals surface area contributed by atoms with Gasteiger partial charge in [-0.25, -0.2) is 4.99 Å². The molecule has 1 aliphatic heterocycles. The fraction of sp³-hybridized carbons (Fsp3) is 0.318. The van der Waals surface area contributed by atoms with E-state index in [9.17, 15) is 9.59 Å². The predicted molar refractivity (Wildman–Crippen MR) is 123 cm³/mol. The molecule has 0 aromatic heterocycles. The van der Waals surface area contributed by atoms with Crippen molar-refractivity contribution in [2.75, 3.05) is 19.0 Å². The van der Waals surface area contributed by atoms with E-state index in [1.807, 2.05) is 24.3 Å². The van der Waals surface area contributed by atoms with Crippen LogP contribution in [0.3, 0.4) is 0 Å². The highest BCUT2D eigenvalue weighted by molar-refractivity contribution is 8.15. The molecule has 8 heteroatoms. The van der Waals surface area contributed by atoms with E-state index in [1.54, 1.807) is 36.3 Å². The van der Waals surface area contributed by atoms with E-state index in [0.717, 1.165) is 24.3 Å². The summed E-state index contributed by atoms with van der Waals surface area (Å²) in [6, 6.07) is 14.3. The number of benzene rings is 2. The molecule has 2 aromatic rings. The summed E-state index contributed by atoms with van der Waals surface area (Å²) < 4.78 is 5.18. The molecule has 1 fully saturated rings. The first kappa shape index (κ1) is 22.2. The Morgan fingerprint density at radius 2 is 2.03 bits per heavy atom. The van der Waals surface area contributed by atoms with Gasteiger partial charge >= 0.3 is 0 Å². The van der Waals surface area contributed by atoms with Crippen molar-refractivity contribution in [3.05, 3.63) is 53.6 Å². The van der Waals surface area contributed by atoms with Crippen LogP contribution in [0.25, 0.3) is 0 Å². The van der Waals surface area contributed by atoms with Crippen LogP contribution < -0.4 is 10.1 Å². The van der Waals surface area contributed by atoms with Crippen molar-refractivity contribution in [2.24, 2.45) is 4.99 Å². The Kier molecular flexibility index (Phi) is 7.76. The number of rotatable bonds is 8. The van der Waals surface area contributed by atoms with E-state index in [4.69, 9.17) is 16.3 Å². The quantitative estimate of drug-likeness (QED) is 0.613. The minimum Gasteiger partial charge on any atom is -0.497 e. The third kappa shape index (κ3) is 5.77. The van der Waals surface area contributed by atoms with Gasteiger partial charge in [-0.2, -0.15) is 0 Å². The molecule has 1 aliphatic rings. The molecule has 1 saturated heterocycles. The van der Waals surface area contributed by atoms with Crippen LogP contribution in [0.5, 0.6) is 5.75 Å². The molecule has 0 aliphatic carbocycles. The molecule has 0 spiro atoms. The van der Waals surface area contributed by atoms with Crippen molar-refractivity contribution in [2.45, 2.75) is 31.4 Å². The normalized spacial score (nSPS) is 17.4. The Hall–Kier alpha value is -2.51. The third-order valence-electron chi connectivity index (χ3n) is 4.53. The maximum Gasteiger partial charge on any atom is 0.242 e. The van der Waals surface area contributed by atoms with Crippen molar-refractivity contribution in [1.29, 1.82) is 0 Å². The SMILES string of the molecule is CCCCN1C(=O)C(CC(=O)Nc2cccc(Cl)c2)SC1=Nc1ccc(OC)cc1. The molecular weight excluding hydrogens is 422 g/mol. The Morgan fingerprint density at radius 1 is 1.27 bits per heavy atom. The lowest BCUT2D eigenvalue weighted by Crippen LogP contribution is -2.34. The zero-order chi connectivity index (χ0) is 21.5. The molecule has 1 heterocycles. The largest absolute Gasteiger partial charge is 0.497 e. The number of carbonyl (C=O) groups is 2. The molecule has 1 atom stereocenters. The first-order chi connectivity index (χ1) is 14.5. The van der Waals surface area contributed by atoms with Crippen LogP contribution >= 0.6 is 23.4 Å². The van der Waals surface area contributed by atoms with E-state index in [1.165, 1.54) is 11.8 Å². The van der Waals surface area contributed by atoms with Gasteiger partial charge in [0.2, 0.25) is 11.8 Å². The van der Waals surface area contributed by atoms with E-state index in [0.29, 0.717) is 22.4 Å². The molecule has 1 N–H and O–H groups in total. The molecule has 3 rings (SSSR count). The number of hydrogen-bond donors (Lipinski definition) is 1. The minimum absolute atomic E-state index is 0.0697. The van der Waals surface area contributed by atoms with Gasteiger partial charge in [-0.05, 0) is 48.9 Å². The highest BCUT2D eigenvalue weighted by atomic mass is 35.5. The summed E-state index contributed by atoms with van der Waals surface area (Å²) in [5, 5.41) is 3.47. The first-order valence-corrected chi connectivity index (χ1v) is 11.0. The van der Waals surface area contributed by atoms with E-state index >= 15 is 0 Å². The lowest BCUT2D eigenvalue weighted by Gasteiger charge is -2.16. The van der Waals surface area contributed by atoms with Crippen molar-refractivity contribution >= 4 is 51.7 Å². The average molecular weight is 446 g/mol. The Labute approximate surface area is 185 Å². The highest BCUT2D eigenvalue weighted by Crippen LogP contribution is 2.32. The standard InChI is InChI=1S/C22H24ClN3O3S/c1-3-4-12-26-21(28)19(14-20(27)24-17-7-5-6-15(23)13-17)30-22(26)25-16-8-10-18(29-2)11-9-16/h5-11,13,19H,3-4,12,14H2,1-2H3,(H,24,27). The van der Waals surface area contributed by atoms with E-state index in [-0.39, 0.29) is 18.2 Å². The maximum absolute atomic E-state index is 13.0. The summed E-state index contributed by atoms with van der Waals surface area (Å²) >= 11 is 7.30. The van der Waals surface area contributed by atoms with Gasteiger partial charge in [0.1, 0.15) is 11.0 Å². The monoisotopic (exact) mass is 445 g/mol. The van der Waals surface area contributed by atoms with Gasteiger partial charge in [0, 0.05) is 23.7 Å². The number of methoxy groups -OCH3 is 1. The number of ether oxygens (including phenoxy) is 1. The second-order valence-corrected chi connectivity index (χ2v) is 8.41. The minimum atomic E-state index is -0.502. The molecule has 0 saturated carbocycles. The molecule has 1 unspecified atom stereocenters. The Bertz CT molecular complexity index is 933. The van der Waals surface area contributed by atoms with Crippen molar-refractivity contribution < 1.29 is 14.3 Å². The summed E-state index contributed by atoms with van der Waals surface area (Å²) in [7, 11) is 1.61. The highest BCUT2D eigenvalue weighted by Gasteiger charge is 2.38. The molecule has 30 heavy (non-hydrogen) atoms. The topological polar surface area (TPSA) is 71.0 Å². The van der Waals surface area contributed by atoms with Gasteiger partial charge in [0.15, 0.2) is 5.17 Å². The molecule has 6 nitrogen and oxygen atoms in total. The number of carbonyl (C=O) groups excluding carboxylic acids is 2. The molecule has 0 radical (unpaired) electrons. The van der Waals surface area contributed by atoms with Crippen molar-refractivity contribution in [1.82, 2.24) is 4.90 Å².